The lowest BCUT2D eigenvalue weighted by Gasteiger charge is -2.09. The van der Waals surface area contributed by atoms with E-state index in [0.717, 1.165) is 19.2 Å². The van der Waals surface area contributed by atoms with Crippen molar-refractivity contribution in [3.63, 3.8) is 0 Å². The van der Waals surface area contributed by atoms with Gasteiger partial charge in [-0.25, -0.2) is 22.2 Å². The number of sulfonamides is 1. The molecule has 0 saturated carbocycles. The van der Waals surface area contributed by atoms with Crippen LogP contribution in [-0.4, -0.2) is 29.0 Å². The second-order valence-corrected chi connectivity index (χ2v) is 6.47. The van der Waals surface area contributed by atoms with Crippen molar-refractivity contribution in [3.8, 4) is 11.8 Å². The minimum atomic E-state index is -3.80. The van der Waals surface area contributed by atoms with Crippen LogP contribution in [0.3, 0.4) is 0 Å². The summed E-state index contributed by atoms with van der Waals surface area (Å²) in [4.78, 5) is 11.9. The van der Waals surface area contributed by atoms with Crippen LogP contribution in [0.25, 0.3) is 5.69 Å². The van der Waals surface area contributed by atoms with Crippen LogP contribution in [0.2, 0.25) is 0 Å². The van der Waals surface area contributed by atoms with E-state index < -0.39 is 33.8 Å². The maximum Gasteiger partial charge on any atom is 0.355 e. The number of aromatic nitrogens is 3. The van der Waals surface area contributed by atoms with E-state index in [4.69, 9.17) is 5.26 Å². The maximum atomic E-state index is 14.1. The molecule has 0 amide bonds. The Bertz CT molecular complexity index is 1000. The molecular formula is C12H10F3N5O3S. The fraction of sp³-hybridized carbons (Fsp3) is 0.250. The number of hydrogen-bond donors (Lipinski definition) is 1. The molecule has 0 radical (unpaired) electrons. The number of rotatable bonds is 4. The van der Waals surface area contributed by atoms with E-state index in [2.05, 4.69) is 5.10 Å². The summed E-state index contributed by atoms with van der Waals surface area (Å²) < 4.78 is 64.8. The first-order valence-corrected chi connectivity index (χ1v) is 8.12. The SMILES string of the molecule is Cc1nn(-c2cc(NS(C)(=O)=O)c(C#N)cc2F)c(=O)n1C(F)F. The molecule has 0 aliphatic rings. The molecule has 0 fully saturated rings. The lowest BCUT2D eigenvalue weighted by atomic mass is 10.1. The number of nitrogens with one attached hydrogen (secondary N) is 1. The number of hydrogen-bond acceptors (Lipinski definition) is 5. The van der Waals surface area contributed by atoms with Gasteiger partial charge in [-0.15, -0.1) is 5.10 Å². The van der Waals surface area contributed by atoms with Gasteiger partial charge in [0.05, 0.1) is 17.5 Å². The number of benzene rings is 1. The fourth-order valence-corrected chi connectivity index (χ4v) is 2.53. The summed E-state index contributed by atoms with van der Waals surface area (Å²) in [6, 6.07) is 3.09. The van der Waals surface area contributed by atoms with Gasteiger partial charge in [0.15, 0.2) is 5.82 Å². The fourth-order valence-electron chi connectivity index (χ4n) is 1.96. The Labute approximate surface area is 133 Å². The highest BCUT2D eigenvalue weighted by Crippen LogP contribution is 2.23. The molecule has 0 atom stereocenters. The molecule has 8 nitrogen and oxygen atoms in total. The first-order valence-electron chi connectivity index (χ1n) is 6.23. The van der Waals surface area contributed by atoms with Gasteiger partial charge in [-0.3, -0.25) is 4.72 Å². The minimum absolute atomic E-state index is 0.0430. The monoisotopic (exact) mass is 361 g/mol. The molecule has 1 aromatic carbocycles. The smallest absolute Gasteiger partial charge is 0.282 e. The van der Waals surface area contributed by atoms with E-state index in [1.807, 2.05) is 4.72 Å². The van der Waals surface area contributed by atoms with Gasteiger partial charge in [-0.05, 0) is 19.1 Å². The summed E-state index contributed by atoms with van der Waals surface area (Å²) in [5.74, 6) is -1.47. The Morgan fingerprint density at radius 2 is 2.00 bits per heavy atom. The quantitative estimate of drug-likeness (QED) is 0.877. The molecule has 0 aliphatic carbocycles. The van der Waals surface area contributed by atoms with Gasteiger partial charge < -0.3 is 0 Å². The van der Waals surface area contributed by atoms with E-state index in [1.54, 1.807) is 6.07 Å². The first kappa shape index (κ1) is 17.5. The lowest BCUT2D eigenvalue weighted by molar-refractivity contribution is 0.0640. The first-order chi connectivity index (χ1) is 11.0. The predicted molar refractivity (Wildman–Crippen MR) is 77.0 cm³/mol. The standard InChI is InChI=1S/C12H10F3N5O3S/c1-6-17-20(12(21)19(6)11(14)15)10-4-9(18-24(2,22)23)7(5-16)3-8(10)13/h3-4,11,18H,1-2H3. The van der Waals surface area contributed by atoms with E-state index in [1.165, 1.54) is 0 Å². The van der Waals surface area contributed by atoms with Crippen molar-refractivity contribution in [1.29, 1.82) is 5.26 Å². The third-order valence-electron chi connectivity index (χ3n) is 2.91. The Morgan fingerprint density at radius 3 is 2.46 bits per heavy atom. The van der Waals surface area contributed by atoms with Gasteiger partial charge in [0.2, 0.25) is 10.0 Å². The highest BCUT2D eigenvalue weighted by Gasteiger charge is 2.22. The van der Waals surface area contributed by atoms with Crippen LogP contribution in [0, 0.1) is 24.1 Å². The summed E-state index contributed by atoms with van der Waals surface area (Å²) in [7, 11) is -3.80. The van der Waals surface area contributed by atoms with Crippen LogP contribution in [0.5, 0.6) is 0 Å². The number of alkyl halides is 2. The van der Waals surface area contributed by atoms with E-state index in [-0.39, 0.29) is 21.6 Å². The van der Waals surface area contributed by atoms with Crippen molar-refractivity contribution in [3.05, 3.63) is 39.8 Å². The number of anilines is 1. The second-order valence-electron chi connectivity index (χ2n) is 4.72. The van der Waals surface area contributed by atoms with E-state index in [0.29, 0.717) is 10.7 Å². The highest BCUT2D eigenvalue weighted by atomic mass is 32.2. The Balaban J connectivity index is 2.73. The minimum Gasteiger partial charge on any atom is -0.282 e. The van der Waals surface area contributed by atoms with Crippen molar-refractivity contribution in [2.45, 2.75) is 13.5 Å². The molecule has 0 saturated heterocycles. The van der Waals surface area contributed by atoms with Crippen molar-refractivity contribution in [1.82, 2.24) is 14.3 Å². The van der Waals surface area contributed by atoms with Crippen molar-refractivity contribution >= 4 is 15.7 Å². The van der Waals surface area contributed by atoms with E-state index in [9.17, 15) is 26.4 Å². The normalized spacial score (nSPS) is 11.5. The molecule has 0 aliphatic heterocycles. The van der Waals surface area contributed by atoms with Crippen LogP contribution in [-0.2, 0) is 10.0 Å². The number of nitriles is 1. The molecule has 0 spiro atoms. The third-order valence-corrected chi connectivity index (χ3v) is 3.50. The molecule has 1 heterocycles. The molecule has 2 rings (SSSR count). The maximum absolute atomic E-state index is 14.1. The topological polar surface area (TPSA) is 110 Å². The highest BCUT2D eigenvalue weighted by molar-refractivity contribution is 7.92. The predicted octanol–water partition coefficient (Wildman–Crippen LogP) is 1.12. The summed E-state index contributed by atoms with van der Waals surface area (Å²) >= 11 is 0. The third kappa shape index (κ3) is 3.25. The lowest BCUT2D eigenvalue weighted by Crippen LogP contribution is -2.25. The van der Waals surface area contributed by atoms with E-state index >= 15 is 0 Å². The Kier molecular flexibility index (Phi) is 4.39. The number of halogens is 3. The molecule has 12 heteroatoms. The van der Waals surface area contributed by atoms with Gasteiger partial charge >= 0.3 is 12.2 Å². The van der Waals surface area contributed by atoms with Gasteiger partial charge in [0.25, 0.3) is 0 Å². The number of nitrogens with zero attached hydrogens (tertiary/aromatic N) is 4. The summed E-state index contributed by atoms with van der Waals surface area (Å²) in [6.07, 6.45) is 0.805. The number of aryl methyl sites for hydroxylation is 1. The van der Waals surface area contributed by atoms with Crippen LogP contribution in [0.4, 0.5) is 18.9 Å². The van der Waals surface area contributed by atoms with Crippen molar-refractivity contribution in [2.24, 2.45) is 0 Å². The van der Waals surface area contributed by atoms with Crippen LogP contribution < -0.4 is 10.4 Å². The largest absolute Gasteiger partial charge is 0.355 e. The summed E-state index contributed by atoms with van der Waals surface area (Å²) in [5.41, 5.74) is -2.55. The van der Waals surface area contributed by atoms with Crippen molar-refractivity contribution in [2.75, 3.05) is 11.0 Å². The summed E-state index contributed by atoms with van der Waals surface area (Å²) in [6.45, 7) is -2.05. The molecule has 0 unspecified atom stereocenters. The zero-order valence-corrected chi connectivity index (χ0v) is 13.1. The molecule has 128 valence electrons. The molecular weight excluding hydrogens is 351 g/mol. The van der Waals surface area contributed by atoms with Gasteiger partial charge in [0, 0.05) is 0 Å². The van der Waals surface area contributed by atoms with Crippen molar-refractivity contribution < 1.29 is 21.6 Å². The van der Waals surface area contributed by atoms with Crippen LogP contribution in [0.15, 0.2) is 16.9 Å². The average Bonchev–Trinajstić information content (AvgIpc) is 2.73. The Morgan fingerprint density at radius 1 is 1.38 bits per heavy atom. The molecule has 24 heavy (non-hydrogen) atoms. The summed E-state index contributed by atoms with van der Waals surface area (Å²) in [5, 5.41) is 12.5. The van der Waals surface area contributed by atoms with Gasteiger partial charge in [0.1, 0.15) is 17.6 Å². The van der Waals surface area contributed by atoms with Crippen LogP contribution in [0.1, 0.15) is 17.9 Å². The van der Waals surface area contributed by atoms with Gasteiger partial charge in [-0.2, -0.15) is 18.7 Å². The van der Waals surface area contributed by atoms with Gasteiger partial charge in [-0.1, -0.05) is 0 Å². The molecule has 2 aromatic rings. The molecule has 0 bridgehead atoms. The molecule has 1 N–H and O–H groups in total. The zero-order chi connectivity index (χ0) is 18.2. The average molecular weight is 361 g/mol. The van der Waals surface area contributed by atoms with Crippen LogP contribution >= 0.6 is 0 Å². The second kappa shape index (κ2) is 6.00. The Hall–Kier alpha value is -2.81. The molecule has 1 aromatic heterocycles. The zero-order valence-electron chi connectivity index (χ0n) is 12.3.